The van der Waals surface area contributed by atoms with Gasteiger partial charge < -0.3 is 15.6 Å². The summed E-state index contributed by atoms with van der Waals surface area (Å²) in [5.41, 5.74) is 6.08. The standard InChI is InChI=1S/C21H20ClN5/c1-12-2-4-17-15(8-12)20(25-14-6-7-23-10-14)16(11-24-17)21-26-18-5-3-13(22)9-19(18)27-21/h2-5,8-9,11,14,23H,6-7,10H2,1H3,(H,24,25)(H,26,27). The maximum atomic E-state index is 6.13. The molecule has 4 aromatic rings. The van der Waals surface area contributed by atoms with Crippen LogP contribution in [0.15, 0.2) is 42.6 Å². The van der Waals surface area contributed by atoms with E-state index in [2.05, 4.69) is 45.7 Å². The van der Waals surface area contributed by atoms with Gasteiger partial charge in [0, 0.05) is 29.2 Å². The number of imidazole rings is 1. The van der Waals surface area contributed by atoms with Crippen LogP contribution < -0.4 is 10.6 Å². The first-order chi connectivity index (χ1) is 13.2. The highest BCUT2D eigenvalue weighted by Gasteiger charge is 2.20. The Morgan fingerprint density at radius 1 is 1.15 bits per heavy atom. The second-order valence-electron chi connectivity index (χ2n) is 7.15. The van der Waals surface area contributed by atoms with Crippen molar-refractivity contribution >= 4 is 39.2 Å². The molecule has 0 bridgehead atoms. The lowest BCUT2D eigenvalue weighted by atomic mass is 10.1. The largest absolute Gasteiger partial charge is 0.380 e. The van der Waals surface area contributed by atoms with Crippen molar-refractivity contribution in [3.05, 3.63) is 53.2 Å². The van der Waals surface area contributed by atoms with Gasteiger partial charge in [0.25, 0.3) is 0 Å². The predicted octanol–water partition coefficient (Wildman–Crippen LogP) is 4.51. The molecule has 136 valence electrons. The Morgan fingerprint density at radius 2 is 2.04 bits per heavy atom. The molecule has 1 aliphatic rings. The third-order valence-electron chi connectivity index (χ3n) is 5.13. The molecule has 2 aromatic heterocycles. The van der Waals surface area contributed by atoms with E-state index >= 15 is 0 Å². The zero-order valence-electron chi connectivity index (χ0n) is 15.0. The molecule has 3 N–H and O–H groups in total. The van der Waals surface area contributed by atoms with Crippen LogP contribution in [0.2, 0.25) is 5.02 Å². The second kappa shape index (κ2) is 6.51. The number of fused-ring (bicyclic) bond motifs is 2. The molecule has 0 saturated carbocycles. The van der Waals surface area contributed by atoms with Gasteiger partial charge in [-0.15, -0.1) is 0 Å². The van der Waals surface area contributed by atoms with Gasteiger partial charge >= 0.3 is 0 Å². The second-order valence-corrected chi connectivity index (χ2v) is 7.58. The summed E-state index contributed by atoms with van der Waals surface area (Å²) in [7, 11) is 0. The van der Waals surface area contributed by atoms with Crippen LogP contribution in [0.1, 0.15) is 12.0 Å². The number of rotatable bonds is 3. The smallest absolute Gasteiger partial charge is 0.142 e. The van der Waals surface area contributed by atoms with E-state index in [1.54, 1.807) is 0 Å². The number of H-pyrrole nitrogens is 1. The number of nitrogens with one attached hydrogen (secondary N) is 3. The molecule has 0 aliphatic carbocycles. The van der Waals surface area contributed by atoms with E-state index in [0.29, 0.717) is 11.1 Å². The van der Waals surface area contributed by atoms with Crippen molar-refractivity contribution in [3.63, 3.8) is 0 Å². The van der Waals surface area contributed by atoms with Gasteiger partial charge in [0.2, 0.25) is 0 Å². The van der Waals surface area contributed by atoms with E-state index in [4.69, 9.17) is 16.6 Å². The zero-order valence-corrected chi connectivity index (χ0v) is 15.8. The Labute approximate surface area is 162 Å². The van der Waals surface area contributed by atoms with E-state index in [0.717, 1.165) is 58.5 Å². The van der Waals surface area contributed by atoms with Gasteiger partial charge in [-0.05, 0) is 50.2 Å². The van der Waals surface area contributed by atoms with E-state index < -0.39 is 0 Å². The Bertz CT molecular complexity index is 1140. The molecule has 1 saturated heterocycles. The first kappa shape index (κ1) is 16.5. The fourth-order valence-electron chi connectivity index (χ4n) is 3.73. The third-order valence-corrected chi connectivity index (χ3v) is 5.37. The molecule has 1 unspecified atom stereocenters. The molecular weight excluding hydrogens is 358 g/mol. The van der Waals surface area contributed by atoms with Gasteiger partial charge in [0.1, 0.15) is 5.82 Å². The Balaban J connectivity index is 1.71. The molecule has 1 fully saturated rings. The number of pyridine rings is 1. The summed E-state index contributed by atoms with van der Waals surface area (Å²) in [6, 6.07) is 12.5. The number of hydrogen-bond donors (Lipinski definition) is 3. The summed E-state index contributed by atoms with van der Waals surface area (Å²) < 4.78 is 0. The molecule has 5 nitrogen and oxygen atoms in total. The molecule has 0 radical (unpaired) electrons. The van der Waals surface area contributed by atoms with E-state index in [1.807, 2.05) is 24.4 Å². The predicted molar refractivity (Wildman–Crippen MR) is 111 cm³/mol. The summed E-state index contributed by atoms with van der Waals surface area (Å²) in [5.74, 6) is 0.802. The van der Waals surface area contributed by atoms with Gasteiger partial charge in [-0.3, -0.25) is 4.98 Å². The van der Waals surface area contributed by atoms with Crippen molar-refractivity contribution in [1.29, 1.82) is 0 Å². The SMILES string of the molecule is Cc1ccc2ncc(-c3nc4ccc(Cl)cc4[nH]3)c(NC3CCNC3)c2c1. The summed E-state index contributed by atoms with van der Waals surface area (Å²) >= 11 is 6.13. The quantitative estimate of drug-likeness (QED) is 0.491. The normalized spacial score (nSPS) is 17.0. The molecule has 1 atom stereocenters. The molecule has 5 rings (SSSR count). The van der Waals surface area contributed by atoms with Gasteiger partial charge in [-0.2, -0.15) is 0 Å². The van der Waals surface area contributed by atoms with Crippen molar-refractivity contribution in [2.45, 2.75) is 19.4 Å². The van der Waals surface area contributed by atoms with Crippen LogP contribution >= 0.6 is 11.6 Å². The number of hydrogen-bond acceptors (Lipinski definition) is 4. The van der Waals surface area contributed by atoms with E-state index in [-0.39, 0.29) is 0 Å². The number of aromatic nitrogens is 3. The fourth-order valence-corrected chi connectivity index (χ4v) is 3.90. The summed E-state index contributed by atoms with van der Waals surface area (Å²) in [5, 5.41) is 8.99. The Morgan fingerprint density at radius 3 is 2.89 bits per heavy atom. The maximum Gasteiger partial charge on any atom is 0.142 e. The van der Waals surface area contributed by atoms with Crippen molar-refractivity contribution in [2.75, 3.05) is 18.4 Å². The molecule has 3 heterocycles. The van der Waals surface area contributed by atoms with Crippen LogP contribution in [0, 0.1) is 6.92 Å². The summed E-state index contributed by atoms with van der Waals surface area (Å²) in [6.07, 6.45) is 3.01. The van der Waals surface area contributed by atoms with Gasteiger partial charge in [0.15, 0.2) is 0 Å². The van der Waals surface area contributed by atoms with E-state index in [9.17, 15) is 0 Å². The fraction of sp³-hybridized carbons (Fsp3) is 0.238. The number of benzene rings is 2. The van der Waals surface area contributed by atoms with Crippen LogP contribution in [0.3, 0.4) is 0 Å². The van der Waals surface area contributed by atoms with Crippen molar-refractivity contribution in [3.8, 4) is 11.4 Å². The minimum absolute atomic E-state index is 0.397. The highest BCUT2D eigenvalue weighted by atomic mass is 35.5. The Kier molecular flexibility index (Phi) is 3.99. The molecular formula is C21H20ClN5. The average molecular weight is 378 g/mol. The Hall–Kier alpha value is -2.63. The highest BCUT2D eigenvalue weighted by molar-refractivity contribution is 6.31. The molecule has 1 aliphatic heterocycles. The first-order valence-corrected chi connectivity index (χ1v) is 9.57. The number of nitrogens with zero attached hydrogens (tertiary/aromatic N) is 2. The third kappa shape index (κ3) is 3.03. The number of anilines is 1. The highest BCUT2D eigenvalue weighted by Crippen LogP contribution is 2.35. The molecule has 27 heavy (non-hydrogen) atoms. The summed E-state index contributed by atoms with van der Waals surface area (Å²) in [4.78, 5) is 12.9. The van der Waals surface area contributed by atoms with Crippen LogP contribution in [-0.2, 0) is 0 Å². The van der Waals surface area contributed by atoms with Crippen LogP contribution in [-0.4, -0.2) is 34.1 Å². The molecule has 6 heteroatoms. The van der Waals surface area contributed by atoms with Crippen molar-refractivity contribution in [1.82, 2.24) is 20.3 Å². The lowest BCUT2D eigenvalue weighted by Gasteiger charge is -2.18. The molecule has 0 amide bonds. The van der Waals surface area contributed by atoms with E-state index in [1.165, 1.54) is 5.56 Å². The monoisotopic (exact) mass is 377 g/mol. The number of aryl methyl sites for hydroxylation is 1. The minimum atomic E-state index is 0.397. The average Bonchev–Trinajstić information content (AvgIpc) is 3.31. The van der Waals surface area contributed by atoms with Crippen molar-refractivity contribution in [2.24, 2.45) is 0 Å². The van der Waals surface area contributed by atoms with Gasteiger partial charge in [0.05, 0.1) is 27.8 Å². The first-order valence-electron chi connectivity index (χ1n) is 9.20. The minimum Gasteiger partial charge on any atom is -0.380 e. The van der Waals surface area contributed by atoms with Crippen LogP contribution in [0.25, 0.3) is 33.3 Å². The molecule has 2 aromatic carbocycles. The van der Waals surface area contributed by atoms with Gasteiger partial charge in [-0.1, -0.05) is 23.2 Å². The van der Waals surface area contributed by atoms with Crippen molar-refractivity contribution < 1.29 is 0 Å². The topological polar surface area (TPSA) is 65.6 Å². The zero-order chi connectivity index (χ0) is 18.4. The van der Waals surface area contributed by atoms with Crippen LogP contribution in [0.4, 0.5) is 5.69 Å². The van der Waals surface area contributed by atoms with Gasteiger partial charge in [-0.25, -0.2) is 4.98 Å². The summed E-state index contributed by atoms with van der Waals surface area (Å²) in [6.45, 7) is 4.11. The molecule has 0 spiro atoms. The maximum absolute atomic E-state index is 6.13. The number of halogens is 1. The van der Waals surface area contributed by atoms with Crippen LogP contribution in [0.5, 0.6) is 0 Å². The lowest BCUT2D eigenvalue weighted by Crippen LogP contribution is -2.22. The number of aromatic amines is 1. The lowest BCUT2D eigenvalue weighted by molar-refractivity contribution is 0.794.